The van der Waals surface area contributed by atoms with Gasteiger partial charge < -0.3 is 20.7 Å². The number of rotatable bonds is 7. The first-order valence-corrected chi connectivity index (χ1v) is 7.83. The molecule has 23 heavy (non-hydrogen) atoms. The van der Waals surface area contributed by atoms with Gasteiger partial charge in [-0.2, -0.15) is 0 Å². The molecule has 0 spiro atoms. The Morgan fingerprint density at radius 3 is 2.65 bits per heavy atom. The van der Waals surface area contributed by atoms with Gasteiger partial charge in [0.1, 0.15) is 5.75 Å². The third kappa shape index (κ3) is 7.04. The molecule has 1 amide bonds. The average Bonchev–Trinajstić information content (AvgIpc) is 2.50. The fourth-order valence-electron chi connectivity index (χ4n) is 2.09. The molecule has 0 radical (unpaired) electrons. The predicted octanol–water partition coefficient (Wildman–Crippen LogP) is 1.58. The Kier molecular flexibility index (Phi) is 7.94. The molecule has 0 aromatic heterocycles. The van der Waals surface area contributed by atoms with Crippen molar-refractivity contribution in [3.63, 3.8) is 0 Å². The second-order valence-corrected chi connectivity index (χ2v) is 5.64. The number of benzene rings is 1. The molecule has 6 nitrogen and oxygen atoms in total. The fraction of sp³-hybridized carbons (Fsp3) is 0.529. The van der Waals surface area contributed by atoms with E-state index in [-0.39, 0.29) is 11.9 Å². The number of carbonyl (C=O) groups excluding carboxylic acids is 1. The highest BCUT2D eigenvalue weighted by Gasteiger charge is 2.06. The number of methoxy groups -OCH3 is 1. The lowest BCUT2D eigenvalue weighted by Crippen LogP contribution is -2.39. The molecule has 0 saturated heterocycles. The first kappa shape index (κ1) is 18.8. The lowest BCUT2D eigenvalue weighted by Gasteiger charge is -2.14. The quantitative estimate of drug-likeness (QED) is 0.527. The van der Waals surface area contributed by atoms with Crippen LogP contribution < -0.4 is 20.7 Å². The second-order valence-electron chi connectivity index (χ2n) is 5.64. The number of ether oxygens (including phenoxy) is 1. The Hall–Kier alpha value is -2.24. The summed E-state index contributed by atoms with van der Waals surface area (Å²) in [6, 6.07) is 6.24. The van der Waals surface area contributed by atoms with Crippen LogP contribution in [0, 0.1) is 6.92 Å². The number of carbonyl (C=O) groups is 1. The van der Waals surface area contributed by atoms with E-state index in [0.29, 0.717) is 25.5 Å². The number of aryl methyl sites for hydroxylation is 1. The molecule has 128 valence electrons. The normalized spacial score (nSPS) is 11.3. The second kappa shape index (κ2) is 9.71. The molecule has 0 unspecified atom stereocenters. The zero-order valence-electron chi connectivity index (χ0n) is 14.7. The minimum Gasteiger partial charge on any atom is -0.496 e. The lowest BCUT2D eigenvalue weighted by molar-refractivity contribution is -0.121. The van der Waals surface area contributed by atoms with Crippen molar-refractivity contribution in [3.8, 4) is 5.75 Å². The fourth-order valence-corrected chi connectivity index (χ4v) is 2.09. The Labute approximate surface area is 138 Å². The van der Waals surface area contributed by atoms with Crippen molar-refractivity contribution in [2.75, 3.05) is 20.7 Å². The van der Waals surface area contributed by atoms with E-state index >= 15 is 0 Å². The highest BCUT2D eigenvalue weighted by molar-refractivity contribution is 5.81. The van der Waals surface area contributed by atoms with Crippen molar-refractivity contribution >= 4 is 11.9 Å². The van der Waals surface area contributed by atoms with Crippen molar-refractivity contribution < 1.29 is 9.53 Å². The van der Waals surface area contributed by atoms with Crippen LogP contribution in [0.3, 0.4) is 0 Å². The molecule has 0 fully saturated rings. The number of nitrogens with one attached hydrogen (secondary N) is 3. The number of guanidine groups is 1. The van der Waals surface area contributed by atoms with Crippen molar-refractivity contribution in [1.29, 1.82) is 0 Å². The van der Waals surface area contributed by atoms with Crippen molar-refractivity contribution in [1.82, 2.24) is 16.0 Å². The van der Waals surface area contributed by atoms with Gasteiger partial charge in [-0.25, -0.2) is 0 Å². The average molecular weight is 320 g/mol. The maximum atomic E-state index is 11.6. The van der Waals surface area contributed by atoms with Crippen LogP contribution in [0.5, 0.6) is 5.75 Å². The molecule has 0 atom stereocenters. The van der Waals surface area contributed by atoms with E-state index in [4.69, 9.17) is 4.74 Å². The molecular weight excluding hydrogens is 292 g/mol. The highest BCUT2D eigenvalue weighted by atomic mass is 16.5. The van der Waals surface area contributed by atoms with E-state index in [1.165, 1.54) is 0 Å². The third-order valence-electron chi connectivity index (χ3n) is 3.21. The van der Waals surface area contributed by atoms with Gasteiger partial charge in [0.25, 0.3) is 0 Å². The molecule has 0 bridgehead atoms. The van der Waals surface area contributed by atoms with Gasteiger partial charge in [-0.15, -0.1) is 0 Å². The summed E-state index contributed by atoms with van der Waals surface area (Å²) in [7, 11) is 3.37. The van der Waals surface area contributed by atoms with Gasteiger partial charge in [0.15, 0.2) is 5.96 Å². The smallest absolute Gasteiger partial charge is 0.221 e. The van der Waals surface area contributed by atoms with E-state index in [0.717, 1.165) is 16.9 Å². The number of aliphatic imine (C=N–C) groups is 1. The zero-order valence-corrected chi connectivity index (χ0v) is 14.7. The molecule has 6 heteroatoms. The van der Waals surface area contributed by atoms with Gasteiger partial charge in [0.2, 0.25) is 5.91 Å². The topological polar surface area (TPSA) is 74.8 Å². The highest BCUT2D eigenvalue weighted by Crippen LogP contribution is 2.19. The molecule has 0 aliphatic heterocycles. The first-order chi connectivity index (χ1) is 11.0. The predicted molar refractivity (Wildman–Crippen MR) is 93.8 cm³/mol. The molecule has 0 aliphatic carbocycles. The monoisotopic (exact) mass is 320 g/mol. The summed E-state index contributed by atoms with van der Waals surface area (Å²) in [5.41, 5.74) is 2.21. The maximum absolute atomic E-state index is 11.6. The SMILES string of the molecule is CN=C(NCCC(=O)NC(C)C)NCc1ccc(C)cc1OC. The number of nitrogens with zero attached hydrogens (tertiary/aromatic N) is 1. The van der Waals surface area contributed by atoms with Crippen LogP contribution in [0.4, 0.5) is 0 Å². The van der Waals surface area contributed by atoms with Crippen LogP contribution in [0.25, 0.3) is 0 Å². The summed E-state index contributed by atoms with van der Waals surface area (Å²) in [5, 5.41) is 9.21. The van der Waals surface area contributed by atoms with E-state index in [9.17, 15) is 4.79 Å². The third-order valence-corrected chi connectivity index (χ3v) is 3.21. The summed E-state index contributed by atoms with van der Waals surface area (Å²) in [5.74, 6) is 1.54. The van der Waals surface area contributed by atoms with Crippen molar-refractivity contribution in [2.24, 2.45) is 4.99 Å². The van der Waals surface area contributed by atoms with Crippen LogP contribution >= 0.6 is 0 Å². The van der Waals surface area contributed by atoms with Crippen molar-refractivity contribution in [3.05, 3.63) is 29.3 Å². The molecule has 1 aromatic carbocycles. The van der Waals surface area contributed by atoms with Crippen LogP contribution in [-0.4, -0.2) is 38.6 Å². The Bertz CT molecular complexity index is 541. The van der Waals surface area contributed by atoms with E-state index < -0.39 is 0 Å². The summed E-state index contributed by atoms with van der Waals surface area (Å²) >= 11 is 0. The van der Waals surface area contributed by atoms with Gasteiger partial charge in [-0.05, 0) is 32.4 Å². The largest absolute Gasteiger partial charge is 0.496 e. The van der Waals surface area contributed by atoms with Crippen molar-refractivity contribution in [2.45, 2.75) is 39.8 Å². The molecule has 0 heterocycles. The molecular formula is C17H28N4O2. The summed E-state index contributed by atoms with van der Waals surface area (Å²) in [4.78, 5) is 15.7. The van der Waals surface area contributed by atoms with E-state index in [1.54, 1.807) is 14.2 Å². The summed E-state index contributed by atoms with van der Waals surface area (Å²) < 4.78 is 5.39. The van der Waals surface area contributed by atoms with Gasteiger partial charge in [-0.1, -0.05) is 12.1 Å². The number of hydrogen-bond donors (Lipinski definition) is 3. The lowest BCUT2D eigenvalue weighted by atomic mass is 10.1. The Morgan fingerprint density at radius 2 is 2.04 bits per heavy atom. The number of amides is 1. The van der Waals surface area contributed by atoms with Gasteiger partial charge in [0, 0.05) is 38.2 Å². The minimum atomic E-state index is 0.0307. The van der Waals surface area contributed by atoms with Gasteiger partial charge in [0.05, 0.1) is 7.11 Å². The zero-order chi connectivity index (χ0) is 17.2. The van der Waals surface area contributed by atoms with Crippen LogP contribution in [-0.2, 0) is 11.3 Å². The molecule has 3 N–H and O–H groups in total. The van der Waals surface area contributed by atoms with E-state index in [1.807, 2.05) is 39.0 Å². The molecule has 1 rings (SSSR count). The van der Waals surface area contributed by atoms with Crippen LogP contribution in [0.2, 0.25) is 0 Å². The Balaban J connectivity index is 2.44. The first-order valence-electron chi connectivity index (χ1n) is 7.83. The molecule has 0 saturated carbocycles. The van der Waals surface area contributed by atoms with Crippen LogP contribution in [0.1, 0.15) is 31.4 Å². The van der Waals surface area contributed by atoms with Crippen LogP contribution in [0.15, 0.2) is 23.2 Å². The minimum absolute atomic E-state index is 0.0307. The summed E-state index contributed by atoms with van der Waals surface area (Å²) in [6.07, 6.45) is 0.409. The van der Waals surface area contributed by atoms with E-state index in [2.05, 4.69) is 20.9 Å². The summed E-state index contributed by atoms with van der Waals surface area (Å²) in [6.45, 7) is 7.05. The van der Waals surface area contributed by atoms with Gasteiger partial charge in [-0.3, -0.25) is 9.79 Å². The Morgan fingerprint density at radius 1 is 1.30 bits per heavy atom. The van der Waals surface area contributed by atoms with Gasteiger partial charge >= 0.3 is 0 Å². The number of hydrogen-bond acceptors (Lipinski definition) is 3. The standard InChI is InChI=1S/C17H28N4O2/c1-12(2)21-16(22)8-9-19-17(18-4)20-11-14-7-6-13(3)10-15(14)23-5/h6-7,10,12H,8-9,11H2,1-5H3,(H,21,22)(H2,18,19,20). The molecule has 0 aliphatic rings. The maximum Gasteiger partial charge on any atom is 0.221 e. The molecule has 1 aromatic rings.